The average molecular weight is 590 g/mol. The summed E-state index contributed by atoms with van der Waals surface area (Å²) in [5, 5.41) is 0. The van der Waals surface area contributed by atoms with E-state index in [4.69, 9.17) is 0 Å². The minimum absolute atomic E-state index is 0.537. The van der Waals surface area contributed by atoms with Crippen LogP contribution in [0.5, 0.6) is 0 Å². The molecular formula is C36H38SiZr. The third-order valence-electron chi connectivity index (χ3n) is 9.32. The Labute approximate surface area is 231 Å². The summed E-state index contributed by atoms with van der Waals surface area (Å²) in [6, 6.07) is 31.8. The Hall–Kier alpha value is -2.54. The molecule has 2 atom stereocenters. The molecule has 0 N–H and O–H groups in total. The molecule has 2 aliphatic carbocycles. The van der Waals surface area contributed by atoms with E-state index in [9.17, 15) is 0 Å². The van der Waals surface area contributed by atoms with Gasteiger partial charge in [0, 0.05) is 0 Å². The molecule has 0 nitrogen and oxygen atoms in total. The summed E-state index contributed by atoms with van der Waals surface area (Å²) in [4.78, 5) is 0. The number of aryl methyl sites for hydroxylation is 2. The first-order chi connectivity index (χ1) is 18.1. The van der Waals surface area contributed by atoms with Gasteiger partial charge in [-0.2, -0.15) is 0 Å². The van der Waals surface area contributed by atoms with Crippen molar-refractivity contribution in [2.24, 2.45) is 0 Å². The van der Waals surface area contributed by atoms with Gasteiger partial charge in [-0.1, -0.05) is 0 Å². The molecule has 4 aromatic carbocycles. The second-order valence-corrected chi connectivity index (χ2v) is 43.3. The van der Waals surface area contributed by atoms with Crippen LogP contribution in [0.2, 0.25) is 9.26 Å². The molecule has 0 aromatic heterocycles. The fourth-order valence-corrected chi connectivity index (χ4v) is 29.3. The van der Waals surface area contributed by atoms with Crippen molar-refractivity contribution in [3.05, 3.63) is 129 Å². The van der Waals surface area contributed by atoms with E-state index in [2.05, 4.69) is 141 Å². The van der Waals surface area contributed by atoms with E-state index >= 15 is 0 Å². The summed E-state index contributed by atoms with van der Waals surface area (Å²) >= 11 is -3.52. The second kappa shape index (κ2) is 9.00. The molecule has 2 aliphatic rings. The van der Waals surface area contributed by atoms with Crippen molar-refractivity contribution in [1.29, 1.82) is 0 Å². The van der Waals surface area contributed by atoms with Crippen LogP contribution in [0.1, 0.15) is 54.5 Å². The first-order valence-corrected chi connectivity index (χ1v) is 27.6. The van der Waals surface area contributed by atoms with Crippen molar-refractivity contribution < 1.29 is 17.4 Å². The van der Waals surface area contributed by atoms with Gasteiger partial charge in [0.1, 0.15) is 0 Å². The maximum absolute atomic E-state index is 3.52. The van der Waals surface area contributed by atoms with Gasteiger partial charge < -0.3 is 0 Å². The first kappa shape index (κ1) is 25.7. The summed E-state index contributed by atoms with van der Waals surface area (Å²) < 4.78 is 6.54. The normalized spacial score (nSPS) is 18.6. The predicted octanol–water partition coefficient (Wildman–Crippen LogP) is 9.59. The quantitative estimate of drug-likeness (QED) is 0.208. The standard InChI is InChI=1S/2C17H15.2CH3.H2Si.Zr/c2*1-12-10-14-7-5-9-16(17(14)11-12)15-8-4-3-6-13(15)2;;;;/h2*3-11H,1-2H3;2*1H3;1H2;. The number of hydrogen-bond donors (Lipinski definition) is 0. The van der Waals surface area contributed by atoms with Crippen molar-refractivity contribution in [3.8, 4) is 22.3 Å². The Morgan fingerprint density at radius 1 is 0.500 bits per heavy atom. The van der Waals surface area contributed by atoms with Crippen LogP contribution in [-0.4, -0.2) is 6.88 Å². The zero-order chi connectivity index (χ0) is 26.8. The Kier molecular flexibility index (Phi) is 6.09. The monoisotopic (exact) mass is 588 g/mol. The Bertz CT molecular complexity index is 1620. The van der Waals surface area contributed by atoms with E-state index in [0.717, 1.165) is 0 Å². The SMILES string of the molecule is CC1=Cc2c(-c3ccccc3C)cccc2[CH]1[Zr]([CH3])([CH3])(=[SiH2])[CH]1C(C)=Cc2c(-c3ccccc3C)cccc21. The summed E-state index contributed by atoms with van der Waals surface area (Å²) in [6.45, 7) is 11.7. The molecule has 0 spiro atoms. The molecule has 0 amide bonds. The minimum atomic E-state index is -3.52. The fraction of sp³-hybridized carbons (Fsp3) is 0.222. The Morgan fingerprint density at radius 2 is 0.868 bits per heavy atom. The number of allylic oxidation sites excluding steroid dienone is 2. The average Bonchev–Trinajstić information content (AvgIpc) is 3.41. The molecule has 38 heavy (non-hydrogen) atoms. The molecule has 0 radical (unpaired) electrons. The van der Waals surface area contributed by atoms with E-state index in [0.29, 0.717) is 7.25 Å². The number of benzene rings is 4. The topological polar surface area (TPSA) is 0 Å². The van der Waals surface area contributed by atoms with Crippen molar-refractivity contribution >= 4 is 19.0 Å². The van der Waals surface area contributed by atoms with E-state index in [1.165, 1.54) is 44.5 Å². The van der Waals surface area contributed by atoms with Crippen LogP contribution < -0.4 is 0 Å². The van der Waals surface area contributed by atoms with Gasteiger partial charge in [-0.15, -0.1) is 0 Å². The molecule has 0 saturated heterocycles. The zero-order valence-electron chi connectivity index (χ0n) is 23.6. The maximum atomic E-state index is 2.73. The van der Waals surface area contributed by atoms with Gasteiger partial charge >= 0.3 is 232 Å². The van der Waals surface area contributed by atoms with Crippen LogP contribution in [0.4, 0.5) is 0 Å². The first-order valence-electron chi connectivity index (χ1n) is 13.9. The third kappa shape index (κ3) is 3.87. The van der Waals surface area contributed by atoms with Gasteiger partial charge in [0.15, 0.2) is 0 Å². The van der Waals surface area contributed by atoms with E-state index in [1.54, 1.807) is 22.3 Å². The van der Waals surface area contributed by atoms with Crippen LogP contribution in [-0.2, 0) is 17.4 Å². The number of rotatable bonds is 4. The van der Waals surface area contributed by atoms with Gasteiger partial charge in [0.05, 0.1) is 0 Å². The van der Waals surface area contributed by atoms with Gasteiger partial charge in [-0.05, 0) is 0 Å². The van der Waals surface area contributed by atoms with Crippen molar-refractivity contribution in [1.82, 2.24) is 0 Å². The van der Waals surface area contributed by atoms with E-state index in [-0.39, 0.29) is 0 Å². The summed E-state index contributed by atoms with van der Waals surface area (Å²) in [6.07, 6.45) is 5.05. The molecule has 0 fully saturated rings. The molecular weight excluding hydrogens is 552 g/mol. The van der Waals surface area contributed by atoms with Crippen LogP contribution in [0, 0.1) is 13.8 Å². The van der Waals surface area contributed by atoms with Crippen molar-refractivity contribution in [2.75, 3.05) is 0 Å². The van der Waals surface area contributed by atoms with Gasteiger partial charge in [-0.3, -0.25) is 0 Å². The zero-order valence-corrected chi connectivity index (χ0v) is 27.5. The molecule has 2 unspecified atom stereocenters. The van der Waals surface area contributed by atoms with E-state index in [1.807, 2.05) is 0 Å². The molecule has 0 aliphatic heterocycles. The van der Waals surface area contributed by atoms with Gasteiger partial charge in [0.2, 0.25) is 0 Å². The predicted molar refractivity (Wildman–Crippen MR) is 166 cm³/mol. The van der Waals surface area contributed by atoms with E-state index < -0.39 is 17.4 Å². The summed E-state index contributed by atoms with van der Waals surface area (Å²) in [5.41, 5.74) is 17.3. The molecule has 0 saturated carbocycles. The summed E-state index contributed by atoms with van der Waals surface area (Å²) in [5.74, 6) is 0. The molecule has 6 rings (SSSR count). The second-order valence-electron chi connectivity index (χ2n) is 12.8. The van der Waals surface area contributed by atoms with Crippen LogP contribution in [0.3, 0.4) is 0 Å². The fourth-order valence-electron chi connectivity index (χ4n) is 8.01. The Morgan fingerprint density at radius 3 is 1.26 bits per heavy atom. The third-order valence-corrected chi connectivity index (χ3v) is 27.2. The molecule has 4 aromatic rings. The molecule has 0 bridgehead atoms. The van der Waals surface area contributed by atoms with Crippen LogP contribution in [0.15, 0.2) is 96.1 Å². The van der Waals surface area contributed by atoms with Crippen LogP contribution in [0.25, 0.3) is 34.4 Å². The molecule has 0 heterocycles. The summed E-state index contributed by atoms with van der Waals surface area (Å²) in [7, 11) is 0. The number of fused-ring (bicyclic) bond motifs is 2. The molecule has 190 valence electrons. The van der Waals surface area contributed by atoms with Crippen LogP contribution >= 0.6 is 0 Å². The molecule has 2 heteroatoms. The van der Waals surface area contributed by atoms with Crippen molar-refractivity contribution in [3.63, 3.8) is 0 Å². The number of hydrogen-bond acceptors (Lipinski definition) is 0. The van der Waals surface area contributed by atoms with Gasteiger partial charge in [0.25, 0.3) is 0 Å². The van der Waals surface area contributed by atoms with Crippen molar-refractivity contribution in [2.45, 2.75) is 44.2 Å². The Balaban J connectivity index is 1.52. The van der Waals surface area contributed by atoms with Gasteiger partial charge in [-0.25, -0.2) is 0 Å².